The Morgan fingerprint density at radius 1 is 1.26 bits per heavy atom. The fourth-order valence-electron chi connectivity index (χ4n) is 1.83. The van der Waals surface area contributed by atoms with Crippen LogP contribution in [0.2, 0.25) is 0 Å². The highest BCUT2D eigenvalue weighted by Crippen LogP contribution is 2.20. The number of anilines is 1. The summed E-state index contributed by atoms with van der Waals surface area (Å²) in [5.74, 6) is 0. The van der Waals surface area contributed by atoms with Crippen LogP contribution >= 0.6 is 0 Å². The number of hydrogen-bond acceptors (Lipinski definition) is 4. The quantitative estimate of drug-likeness (QED) is 0.819. The molecule has 2 aromatic rings. The summed E-state index contributed by atoms with van der Waals surface area (Å²) in [4.78, 5) is 0.342. The summed E-state index contributed by atoms with van der Waals surface area (Å²) in [6.07, 6.45) is 5.74. The van der Waals surface area contributed by atoms with E-state index in [1.54, 1.807) is 24.4 Å². The third-order valence-corrected chi connectivity index (χ3v) is 3.88. The summed E-state index contributed by atoms with van der Waals surface area (Å²) in [7, 11) is -3.19. The van der Waals surface area contributed by atoms with Gasteiger partial charge >= 0.3 is 0 Å². The van der Waals surface area contributed by atoms with Crippen LogP contribution in [0.15, 0.2) is 47.6 Å². The van der Waals surface area contributed by atoms with Gasteiger partial charge in [-0.2, -0.15) is 5.10 Å². The van der Waals surface area contributed by atoms with Crippen LogP contribution in [0, 0.1) is 0 Å². The molecule has 0 spiro atoms. The van der Waals surface area contributed by atoms with Gasteiger partial charge in [0.05, 0.1) is 10.6 Å². The fourth-order valence-corrected chi connectivity index (χ4v) is 2.70. The van der Waals surface area contributed by atoms with E-state index in [4.69, 9.17) is 0 Å². The second kappa shape index (κ2) is 5.88. The molecule has 5 nitrogen and oxygen atoms in total. The Morgan fingerprint density at radius 2 is 2.05 bits per heavy atom. The Bertz CT molecular complexity index is 621. The van der Waals surface area contributed by atoms with E-state index in [0.717, 1.165) is 13.0 Å². The zero-order valence-corrected chi connectivity index (χ0v) is 11.6. The number of para-hydroxylation sites is 1. The molecule has 1 heterocycles. The monoisotopic (exact) mass is 279 g/mol. The molecule has 0 aliphatic heterocycles. The molecule has 6 heteroatoms. The molecule has 1 N–H and O–H groups in total. The first kappa shape index (κ1) is 13.6. The molecule has 19 heavy (non-hydrogen) atoms. The molecule has 0 saturated heterocycles. The van der Waals surface area contributed by atoms with E-state index in [9.17, 15) is 8.42 Å². The van der Waals surface area contributed by atoms with Crippen molar-refractivity contribution in [2.45, 2.75) is 17.9 Å². The van der Waals surface area contributed by atoms with Gasteiger partial charge in [-0.1, -0.05) is 12.1 Å². The van der Waals surface area contributed by atoms with Crippen molar-refractivity contribution < 1.29 is 8.42 Å². The Balaban J connectivity index is 1.93. The van der Waals surface area contributed by atoms with Crippen molar-refractivity contribution in [3.05, 3.63) is 42.7 Å². The predicted molar refractivity (Wildman–Crippen MR) is 74.9 cm³/mol. The van der Waals surface area contributed by atoms with Gasteiger partial charge in [-0.05, 0) is 24.6 Å². The maximum absolute atomic E-state index is 11.6. The maximum atomic E-state index is 11.6. The van der Waals surface area contributed by atoms with Gasteiger partial charge in [0.1, 0.15) is 0 Å². The minimum Gasteiger partial charge on any atom is -0.384 e. The Kier molecular flexibility index (Phi) is 4.21. The molecule has 0 unspecified atom stereocenters. The topological polar surface area (TPSA) is 64.0 Å². The van der Waals surface area contributed by atoms with Crippen molar-refractivity contribution in [2.24, 2.45) is 0 Å². The average molecular weight is 279 g/mol. The third-order valence-electron chi connectivity index (χ3n) is 2.73. The highest BCUT2D eigenvalue weighted by atomic mass is 32.2. The predicted octanol–water partition coefficient (Wildman–Crippen LogP) is 1.79. The zero-order chi connectivity index (χ0) is 13.7. The zero-order valence-electron chi connectivity index (χ0n) is 10.8. The molecule has 0 bridgehead atoms. The molecule has 0 saturated carbocycles. The average Bonchev–Trinajstić information content (AvgIpc) is 2.87. The number of benzene rings is 1. The van der Waals surface area contributed by atoms with E-state index in [-0.39, 0.29) is 0 Å². The molecule has 1 aromatic carbocycles. The van der Waals surface area contributed by atoms with Crippen molar-refractivity contribution in [1.29, 1.82) is 0 Å². The van der Waals surface area contributed by atoms with Crippen LogP contribution in [0.25, 0.3) is 0 Å². The van der Waals surface area contributed by atoms with Gasteiger partial charge in [-0.25, -0.2) is 8.42 Å². The van der Waals surface area contributed by atoms with Crippen molar-refractivity contribution in [1.82, 2.24) is 9.78 Å². The van der Waals surface area contributed by atoms with Gasteiger partial charge in [0.2, 0.25) is 0 Å². The molecule has 0 radical (unpaired) electrons. The summed E-state index contributed by atoms with van der Waals surface area (Å²) in [5.41, 5.74) is 0.658. The highest BCUT2D eigenvalue weighted by Gasteiger charge is 2.11. The summed E-state index contributed by atoms with van der Waals surface area (Å²) >= 11 is 0. The minimum atomic E-state index is -3.19. The number of nitrogens with zero attached hydrogens (tertiary/aromatic N) is 2. The molecule has 2 rings (SSSR count). The number of rotatable bonds is 6. The Labute approximate surface area is 113 Å². The van der Waals surface area contributed by atoms with Crippen LogP contribution in [-0.4, -0.2) is 31.0 Å². The van der Waals surface area contributed by atoms with E-state index in [0.29, 0.717) is 17.1 Å². The lowest BCUT2D eigenvalue weighted by Crippen LogP contribution is -2.10. The number of hydrogen-bond donors (Lipinski definition) is 1. The maximum Gasteiger partial charge on any atom is 0.177 e. The van der Waals surface area contributed by atoms with Crippen LogP contribution in [0.4, 0.5) is 5.69 Å². The summed E-state index contributed by atoms with van der Waals surface area (Å²) in [6.45, 7) is 1.51. The van der Waals surface area contributed by atoms with Crippen LogP contribution in [0.1, 0.15) is 6.42 Å². The molecule has 0 fully saturated rings. The molecule has 1 aromatic heterocycles. The minimum absolute atomic E-state index is 0.342. The lowest BCUT2D eigenvalue weighted by Gasteiger charge is -2.10. The number of aromatic nitrogens is 2. The highest BCUT2D eigenvalue weighted by molar-refractivity contribution is 7.90. The van der Waals surface area contributed by atoms with Crippen molar-refractivity contribution >= 4 is 15.5 Å². The molecule has 0 atom stereocenters. The molecule has 0 aliphatic rings. The second-order valence-corrected chi connectivity index (χ2v) is 6.30. The largest absolute Gasteiger partial charge is 0.384 e. The first-order valence-corrected chi connectivity index (χ1v) is 7.97. The molecule has 0 amide bonds. The van der Waals surface area contributed by atoms with Crippen molar-refractivity contribution in [2.75, 3.05) is 18.1 Å². The van der Waals surface area contributed by atoms with Gasteiger partial charge in [0.15, 0.2) is 9.84 Å². The molecule has 0 aliphatic carbocycles. The van der Waals surface area contributed by atoms with Gasteiger partial charge in [0, 0.05) is 31.7 Å². The van der Waals surface area contributed by atoms with Crippen molar-refractivity contribution in [3.63, 3.8) is 0 Å². The lowest BCUT2D eigenvalue weighted by atomic mass is 10.3. The van der Waals surface area contributed by atoms with Crippen LogP contribution in [0.5, 0.6) is 0 Å². The van der Waals surface area contributed by atoms with Crippen LogP contribution in [0.3, 0.4) is 0 Å². The van der Waals surface area contributed by atoms with Gasteiger partial charge in [-0.15, -0.1) is 0 Å². The number of aryl methyl sites for hydroxylation is 1. The van der Waals surface area contributed by atoms with E-state index in [1.807, 2.05) is 23.0 Å². The number of nitrogens with one attached hydrogen (secondary N) is 1. The van der Waals surface area contributed by atoms with E-state index < -0.39 is 9.84 Å². The first-order chi connectivity index (χ1) is 9.07. The van der Waals surface area contributed by atoms with Gasteiger partial charge in [0.25, 0.3) is 0 Å². The molecular weight excluding hydrogens is 262 g/mol. The lowest BCUT2D eigenvalue weighted by molar-refractivity contribution is 0.590. The standard InChI is InChI=1S/C13H17N3O2S/c1-19(17,18)13-7-3-2-6-12(13)14-8-4-10-16-11-5-9-15-16/h2-3,5-7,9,11,14H,4,8,10H2,1H3. The van der Waals surface area contributed by atoms with E-state index >= 15 is 0 Å². The normalized spacial score (nSPS) is 11.4. The van der Waals surface area contributed by atoms with Crippen LogP contribution < -0.4 is 5.32 Å². The SMILES string of the molecule is CS(=O)(=O)c1ccccc1NCCCn1cccn1. The van der Waals surface area contributed by atoms with Crippen LogP contribution in [-0.2, 0) is 16.4 Å². The Morgan fingerprint density at radius 3 is 2.74 bits per heavy atom. The summed E-state index contributed by atoms with van der Waals surface area (Å²) in [5, 5.41) is 7.27. The second-order valence-electron chi connectivity index (χ2n) is 4.32. The van der Waals surface area contributed by atoms with Gasteiger partial charge < -0.3 is 5.32 Å². The fraction of sp³-hybridized carbons (Fsp3) is 0.308. The summed E-state index contributed by atoms with van der Waals surface area (Å²) < 4.78 is 25.1. The van der Waals surface area contributed by atoms with Crippen molar-refractivity contribution in [3.8, 4) is 0 Å². The summed E-state index contributed by atoms with van der Waals surface area (Å²) in [6, 6.07) is 8.83. The molecular formula is C13H17N3O2S. The van der Waals surface area contributed by atoms with E-state index in [1.165, 1.54) is 6.26 Å². The smallest absolute Gasteiger partial charge is 0.177 e. The first-order valence-electron chi connectivity index (χ1n) is 6.08. The molecule has 102 valence electrons. The Hall–Kier alpha value is -1.82. The van der Waals surface area contributed by atoms with Gasteiger partial charge in [-0.3, -0.25) is 4.68 Å². The third kappa shape index (κ3) is 3.82. The van der Waals surface area contributed by atoms with E-state index in [2.05, 4.69) is 10.4 Å². The number of sulfone groups is 1.